The Morgan fingerprint density at radius 1 is 1.29 bits per heavy atom. The first-order valence-corrected chi connectivity index (χ1v) is 10.1. The molecule has 0 aliphatic heterocycles. The summed E-state index contributed by atoms with van der Waals surface area (Å²) in [4.78, 5) is 12.0. The number of carbonyl (C=O) groups excluding carboxylic acids is 1. The maximum atomic E-state index is 14.2. The molecule has 1 saturated carbocycles. The van der Waals surface area contributed by atoms with Crippen LogP contribution >= 0.6 is 23.2 Å². The van der Waals surface area contributed by atoms with E-state index in [0.29, 0.717) is 34.6 Å². The lowest BCUT2D eigenvalue weighted by Gasteiger charge is -2.15. The van der Waals surface area contributed by atoms with Crippen LogP contribution in [0.5, 0.6) is 0 Å². The third-order valence-corrected chi connectivity index (χ3v) is 5.17. The highest BCUT2D eigenvalue weighted by atomic mass is 35.5. The molecule has 3 rings (SSSR count). The van der Waals surface area contributed by atoms with E-state index in [1.807, 2.05) is 6.07 Å². The number of hydrogen-bond acceptors (Lipinski definition) is 3. The molecule has 3 N–H and O–H groups in total. The number of carbonyl (C=O) groups is 1. The van der Waals surface area contributed by atoms with Crippen LogP contribution in [0.1, 0.15) is 43.2 Å². The topological polar surface area (TPSA) is 61.4 Å². The molecule has 1 amide bonds. The van der Waals surface area contributed by atoms with Gasteiger partial charge in [-0.2, -0.15) is 0 Å². The van der Waals surface area contributed by atoms with E-state index in [4.69, 9.17) is 23.2 Å². The van der Waals surface area contributed by atoms with Crippen molar-refractivity contribution in [3.05, 3.63) is 57.3 Å². The highest BCUT2D eigenvalue weighted by molar-refractivity contribution is 6.36. The van der Waals surface area contributed by atoms with Crippen LogP contribution in [-0.2, 0) is 11.2 Å². The molecule has 1 aliphatic carbocycles. The van der Waals surface area contributed by atoms with Crippen molar-refractivity contribution in [3.63, 3.8) is 0 Å². The maximum Gasteiger partial charge on any atom is 0.224 e. The zero-order valence-corrected chi connectivity index (χ0v) is 17.1. The van der Waals surface area contributed by atoms with Crippen molar-refractivity contribution in [2.24, 2.45) is 0 Å². The molecule has 4 nitrogen and oxygen atoms in total. The van der Waals surface area contributed by atoms with Gasteiger partial charge in [-0.3, -0.25) is 4.79 Å². The molecule has 150 valence electrons. The molecule has 7 heteroatoms. The van der Waals surface area contributed by atoms with E-state index in [1.165, 1.54) is 6.07 Å². The maximum absolute atomic E-state index is 14.2. The standard InChI is InChI=1S/C21H23Cl2FN2O2/c1-12(27)6-7-25-20(28)9-14-8-16(4-5-19(14)24)26-21-17(13-2-3-13)10-15(22)11-18(21)23/h4-5,8,10-13,26-27H,2-3,6-7,9H2,1H3,(H,25,28). The predicted octanol–water partition coefficient (Wildman–Crippen LogP) is 5.18. The molecule has 1 aliphatic rings. The Kier molecular flexibility index (Phi) is 6.81. The lowest BCUT2D eigenvalue weighted by Crippen LogP contribution is -2.28. The molecule has 1 unspecified atom stereocenters. The molecule has 0 saturated heterocycles. The van der Waals surface area contributed by atoms with Gasteiger partial charge in [-0.1, -0.05) is 23.2 Å². The highest BCUT2D eigenvalue weighted by Gasteiger charge is 2.28. The third-order valence-electron chi connectivity index (χ3n) is 4.65. The minimum atomic E-state index is -0.491. The van der Waals surface area contributed by atoms with Crippen LogP contribution in [-0.4, -0.2) is 23.7 Å². The van der Waals surface area contributed by atoms with E-state index in [9.17, 15) is 14.3 Å². The summed E-state index contributed by atoms with van der Waals surface area (Å²) in [5.74, 6) is -0.306. The number of aliphatic hydroxyl groups is 1. The Morgan fingerprint density at radius 3 is 2.71 bits per heavy atom. The van der Waals surface area contributed by atoms with E-state index >= 15 is 0 Å². The van der Waals surface area contributed by atoms with E-state index in [-0.39, 0.29) is 17.9 Å². The lowest BCUT2D eigenvalue weighted by atomic mass is 10.1. The number of halogens is 3. The Labute approximate surface area is 174 Å². The second kappa shape index (κ2) is 9.12. The quantitative estimate of drug-likeness (QED) is 0.546. The summed E-state index contributed by atoms with van der Waals surface area (Å²) in [7, 11) is 0. The van der Waals surface area contributed by atoms with Gasteiger partial charge in [0.15, 0.2) is 0 Å². The normalized spacial score (nSPS) is 14.6. The Morgan fingerprint density at radius 2 is 2.04 bits per heavy atom. The van der Waals surface area contributed by atoms with E-state index < -0.39 is 11.9 Å². The highest BCUT2D eigenvalue weighted by Crippen LogP contribution is 2.47. The summed E-state index contributed by atoms with van der Waals surface area (Å²) in [6.07, 6.45) is 2.06. The monoisotopic (exact) mass is 424 g/mol. The van der Waals surface area contributed by atoms with Crippen LogP contribution in [0.3, 0.4) is 0 Å². The van der Waals surface area contributed by atoms with Crippen LogP contribution in [0.15, 0.2) is 30.3 Å². The number of rotatable bonds is 8. The van der Waals surface area contributed by atoms with E-state index in [0.717, 1.165) is 24.1 Å². The summed E-state index contributed by atoms with van der Waals surface area (Å²) < 4.78 is 14.2. The molecule has 0 radical (unpaired) electrons. The molecular weight excluding hydrogens is 402 g/mol. The predicted molar refractivity (Wildman–Crippen MR) is 111 cm³/mol. The Balaban J connectivity index is 1.74. The minimum absolute atomic E-state index is 0.0784. The fourth-order valence-electron chi connectivity index (χ4n) is 3.03. The molecule has 2 aromatic rings. The zero-order valence-electron chi connectivity index (χ0n) is 15.6. The fourth-order valence-corrected chi connectivity index (χ4v) is 3.59. The molecule has 2 aromatic carbocycles. The van der Waals surface area contributed by atoms with Gasteiger partial charge >= 0.3 is 0 Å². The van der Waals surface area contributed by atoms with Crippen LogP contribution in [0.25, 0.3) is 0 Å². The molecule has 1 atom stereocenters. The van der Waals surface area contributed by atoms with Gasteiger partial charge in [0.1, 0.15) is 5.82 Å². The van der Waals surface area contributed by atoms with Crippen molar-refractivity contribution in [2.75, 3.05) is 11.9 Å². The van der Waals surface area contributed by atoms with Crippen LogP contribution < -0.4 is 10.6 Å². The van der Waals surface area contributed by atoms with Gasteiger partial charge in [-0.15, -0.1) is 0 Å². The SMILES string of the molecule is CC(O)CCNC(=O)Cc1cc(Nc2c(Cl)cc(Cl)cc2C2CC2)ccc1F. The summed E-state index contributed by atoms with van der Waals surface area (Å²) in [5, 5.41) is 16.3. The van der Waals surface area contributed by atoms with Crippen molar-refractivity contribution in [1.29, 1.82) is 0 Å². The number of benzene rings is 2. The van der Waals surface area contributed by atoms with Gasteiger partial charge in [0.05, 0.1) is 23.2 Å². The third kappa shape index (κ3) is 5.60. The molecule has 0 spiro atoms. The summed E-state index contributed by atoms with van der Waals surface area (Å²) >= 11 is 12.5. The number of amides is 1. The van der Waals surface area contributed by atoms with Crippen LogP contribution in [0.2, 0.25) is 10.0 Å². The van der Waals surface area contributed by atoms with Gasteiger partial charge < -0.3 is 15.7 Å². The first-order chi connectivity index (χ1) is 13.3. The first-order valence-electron chi connectivity index (χ1n) is 9.32. The fraction of sp³-hybridized carbons (Fsp3) is 0.381. The number of aliphatic hydroxyl groups excluding tert-OH is 1. The van der Waals surface area contributed by atoms with Gasteiger partial charge in [0.25, 0.3) is 0 Å². The average molecular weight is 425 g/mol. The molecule has 1 fully saturated rings. The zero-order chi connectivity index (χ0) is 20.3. The molecular formula is C21H23Cl2FN2O2. The second-order valence-corrected chi connectivity index (χ2v) is 8.07. The number of anilines is 2. The van der Waals surface area contributed by atoms with Gasteiger partial charge in [0.2, 0.25) is 5.91 Å². The first kappa shape index (κ1) is 20.9. The Bertz CT molecular complexity index is 870. The summed E-state index contributed by atoms with van der Waals surface area (Å²) in [6.45, 7) is 2.00. The van der Waals surface area contributed by atoms with Crippen molar-refractivity contribution in [2.45, 2.75) is 44.6 Å². The second-order valence-electron chi connectivity index (χ2n) is 7.22. The molecule has 0 aromatic heterocycles. The number of hydrogen-bond donors (Lipinski definition) is 3. The average Bonchev–Trinajstić information content (AvgIpc) is 3.44. The van der Waals surface area contributed by atoms with Crippen LogP contribution in [0.4, 0.5) is 15.8 Å². The largest absolute Gasteiger partial charge is 0.393 e. The minimum Gasteiger partial charge on any atom is -0.393 e. The van der Waals surface area contributed by atoms with Crippen molar-refractivity contribution < 1.29 is 14.3 Å². The van der Waals surface area contributed by atoms with E-state index in [1.54, 1.807) is 25.1 Å². The van der Waals surface area contributed by atoms with Gasteiger partial charge in [-0.25, -0.2) is 4.39 Å². The molecule has 28 heavy (non-hydrogen) atoms. The molecule has 0 heterocycles. The molecule has 0 bridgehead atoms. The summed E-state index contributed by atoms with van der Waals surface area (Å²) in [6, 6.07) is 8.16. The lowest BCUT2D eigenvalue weighted by molar-refractivity contribution is -0.120. The van der Waals surface area contributed by atoms with Crippen molar-refractivity contribution in [3.8, 4) is 0 Å². The van der Waals surface area contributed by atoms with Gasteiger partial charge in [-0.05, 0) is 73.6 Å². The van der Waals surface area contributed by atoms with Crippen molar-refractivity contribution in [1.82, 2.24) is 5.32 Å². The van der Waals surface area contributed by atoms with Gasteiger partial charge in [0, 0.05) is 17.3 Å². The smallest absolute Gasteiger partial charge is 0.224 e. The Hall–Kier alpha value is -1.82. The summed E-state index contributed by atoms with van der Waals surface area (Å²) in [5.41, 5.74) is 2.77. The number of nitrogens with one attached hydrogen (secondary N) is 2. The van der Waals surface area contributed by atoms with E-state index in [2.05, 4.69) is 10.6 Å². The van der Waals surface area contributed by atoms with Crippen LogP contribution in [0, 0.1) is 5.82 Å². The van der Waals surface area contributed by atoms with Crippen molar-refractivity contribution >= 4 is 40.5 Å².